The van der Waals surface area contributed by atoms with E-state index in [1.165, 1.54) is 18.2 Å². The Morgan fingerprint density at radius 1 is 1.30 bits per heavy atom. The Labute approximate surface area is 154 Å². The molecule has 1 saturated heterocycles. The lowest BCUT2D eigenvalue weighted by molar-refractivity contribution is -0.0495. The summed E-state index contributed by atoms with van der Waals surface area (Å²) < 4.78 is 57.6. The second-order valence-corrected chi connectivity index (χ2v) is 8.09. The van der Waals surface area contributed by atoms with Crippen molar-refractivity contribution in [2.45, 2.75) is 24.2 Å². The first-order chi connectivity index (χ1) is 12.7. The molecule has 0 bridgehead atoms. The number of nitrogens with one attached hydrogen (secondary N) is 1. The predicted octanol–water partition coefficient (Wildman–Crippen LogP) is 2.29. The van der Waals surface area contributed by atoms with Crippen LogP contribution in [0.4, 0.5) is 14.5 Å². The number of alkyl halides is 2. The van der Waals surface area contributed by atoms with E-state index >= 15 is 0 Å². The molecule has 1 aromatic carbocycles. The van der Waals surface area contributed by atoms with Gasteiger partial charge in [-0.1, -0.05) is 12.1 Å². The first kappa shape index (κ1) is 19.2. The molecule has 146 valence electrons. The number of para-hydroxylation sites is 2. The van der Waals surface area contributed by atoms with Crippen LogP contribution in [0.1, 0.15) is 17.0 Å². The zero-order valence-electron chi connectivity index (χ0n) is 14.4. The topological polar surface area (TPSA) is 88.9 Å². The third-order valence-corrected chi connectivity index (χ3v) is 5.07. The highest BCUT2D eigenvalue weighted by atomic mass is 32.2. The van der Waals surface area contributed by atoms with Crippen LogP contribution in [0.3, 0.4) is 0 Å². The number of furan rings is 1. The summed E-state index contributed by atoms with van der Waals surface area (Å²) in [7, 11) is -3.53. The summed E-state index contributed by atoms with van der Waals surface area (Å²) in [4.78, 5) is 14.1. The number of benzene rings is 1. The molecule has 2 aromatic rings. The zero-order chi connectivity index (χ0) is 19.6. The van der Waals surface area contributed by atoms with Gasteiger partial charge in [-0.3, -0.25) is 4.79 Å². The van der Waals surface area contributed by atoms with Gasteiger partial charge in [0.05, 0.1) is 5.69 Å². The van der Waals surface area contributed by atoms with Crippen molar-refractivity contribution in [1.82, 2.24) is 5.32 Å². The minimum absolute atomic E-state index is 0.0725. The molecule has 0 radical (unpaired) electrons. The zero-order valence-corrected chi connectivity index (χ0v) is 15.2. The highest BCUT2D eigenvalue weighted by molar-refractivity contribution is 7.90. The number of rotatable bonds is 6. The van der Waals surface area contributed by atoms with Gasteiger partial charge in [0, 0.05) is 25.4 Å². The van der Waals surface area contributed by atoms with Crippen molar-refractivity contribution in [1.29, 1.82) is 0 Å². The van der Waals surface area contributed by atoms with Crippen molar-refractivity contribution in [3.05, 3.63) is 42.2 Å². The Hall–Kier alpha value is -2.62. The monoisotopic (exact) mass is 400 g/mol. The molecule has 7 nitrogen and oxygen atoms in total. The van der Waals surface area contributed by atoms with Crippen LogP contribution in [0.15, 0.2) is 45.9 Å². The predicted molar refractivity (Wildman–Crippen MR) is 93.0 cm³/mol. The van der Waals surface area contributed by atoms with Crippen LogP contribution in [-0.2, 0) is 9.84 Å². The van der Waals surface area contributed by atoms with Crippen molar-refractivity contribution in [3.63, 3.8) is 0 Å². The van der Waals surface area contributed by atoms with E-state index in [-0.39, 0.29) is 22.6 Å². The molecule has 1 aliphatic heterocycles. The number of ether oxygens (including phenoxy) is 1. The maximum absolute atomic E-state index is 12.6. The van der Waals surface area contributed by atoms with Crippen LogP contribution in [0.25, 0.3) is 0 Å². The fourth-order valence-corrected chi connectivity index (χ4v) is 3.47. The molecule has 1 amide bonds. The fourth-order valence-electron chi connectivity index (χ4n) is 2.91. The van der Waals surface area contributed by atoms with E-state index < -0.39 is 22.4 Å². The average molecular weight is 400 g/mol. The lowest BCUT2D eigenvalue weighted by atomic mass is 10.2. The van der Waals surface area contributed by atoms with Gasteiger partial charge in [0.25, 0.3) is 5.91 Å². The molecule has 10 heteroatoms. The van der Waals surface area contributed by atoms with Gasteiger partial charge in [0.1, 0.15) is 5.75 Å². The van der Waals surface area contributed by atoms with Crippen LogP contribution >= 0.6 is 0 Å². The summed E-state index contributed by atoms with van der Waals surface area (Å²) >= 11 is 0. The molecular formula is C17H18F2N2O5S. The smallest absolute Gasteiger partial charge is 0.387 e. The Kier molecular flexibility index (Phi) is 5.36. The molecule has 1 unspecified atom stereocenters. The number of carbonyl (C=O) groups excluding carboxylic acids is 1. The number of amides is 1. The second-order valence-electron chi connectivity index (χ2n) is 6.14. The number of sulfone groups is 1. The van der Waals surface area contributed by atoms with Gasteiger partial charge in [0.2, 0.25) is 14.9 Å². The van der Waals surface area contributed by atoms with Crippen molar-refractivity contribution < 1.29 is 31.1 Å². The number of anilines is 1. The summed E-state index contributed by atoms with van der Waals surface area (Å²) in [6.07, 6.45) is 1.58. The lowest BCUT2D eigenvalue weighted by Gasteiger charge is -2.21. The summed E-state index contributed by atoms with van der Waals surface area (Å²) in [6, 6.07) is 8.73. The SMILES string of the molecule is CS(=O)(=O)c1ccc(C(=O)NC2CCN(c3ccccc3OC(F)F)C2)o1. The number of carbonyl (C=O) groups is 1. The molecule has 27 heavy (non-hydrogen) atoms. The van der Waals surface area contributed by atoms with Gasteiger partial charge < -0.3 is 19.4 Å². The van der Waals surface area contributed by atoms with Crippen LogP contribution in [0.2, 0.25) is 0 Å². The summed E-state index contributed by atoms with van der Waals surface area (Å²) in [5.74, 6) is -0.563. The van der Waals surface area contributed by atoms with Crippen LogP contribution in [0, 0.1) is 0 Å². The van der Waals surface area contributed by atoms with E-state index in [4.69, 9.17) is 4.42 Å². The highest BCUT2D eigenvalue weighted by Crippen LogP contribution is 2.31. The summed E-state index contributed by atoms with van der Waals surface area (Å²) in [6.45, 7) is -1.98. The molecule has 1 atom stereocenters. The van der Waals surface area contributed by atoms with Crippen molar-refractivity contribution >= 4 is 21.4 Å². The van der Waals surface area contributed by atoms with E-state index in [0.717, 1.165) is 6.26 Å². The van der Waals surface area contributed by atoms with Crippen molar-refractivity contribution in [2.24, 2.45) is 0 Å². The molecule has 1 aliphatic rings. The molecule has 1 N–H and O–H groups in total. The van der Waals surface area contributed by atoms with Crippen LogP contribution < -0.4 is 15.0 Å². The molecule has 3 rings (SSSR count). The standard InChI is InChI=1S/C17H18F2N2O5S/c1-27(23,24)15-7-6-14(25-15)16(22)20-11-8-9-21(10-11)12-4-2-3-5-13(12)26-17(18)19/h2-7,11,17H,8-10H2,1H3,(H,20,22). The number of hydrogen-bond donors (Lipinski definition) is 1. The van der Waals surface area contributed by atoms with Gasteiger partial charge >= 0.3 is 6.61 Å². The fraction of sp³-hybridized carbons (Fsp3) is 0.353. The Bertz CT molecular complexity index is 929. The summed E-state index contributed by atoms with van der Waals surface area (Å²) in [5.41, 5.74) is 0.520. The Morgan fingerprint density at radius 3 is 2.70 bits per heavy atom. The highest BCUT2D eigenvalue weighted by Gasteiger charge is 2.28. The third-order valence-electron chi connectivity index (χ3n) is 4.12. The average Bonchev–Trinajstić information content (AvgIpc) is 3.23. The lowest BCUT2D eigenvalue weighted by Crippen LogP contribution is -2.37. The maximum atomic E-state index is 12.6. The molecule has 1 aromatic heterocycles. The normalized spacial score (nSPS) is 17.3. The van der Waals surface area contributed by atoms with Crippen LogP contribution in [-0.4, -0.2) is 46.3 Å². The Morgan fingerprint density at radius 2 is 2.04 bits per heavy atom. The first-order valence-electron chi connectivity index (χ1n) is 8.13. The van der Waals surface area contributed by atoms with Crippen LogP contribution in [0.5, 0.6) is 5.75 Å². The van der Waals surface area contributed by atoms with E-state index in [1.54, 1.807) is 18.2 Å². The van der Waals surface area contributed by atoms with E-state index in [1.807, 2.05) is 4.90 Å². The third kappa shape index (κ3) is 4.57. The van der Waals surface area contributed by atoms with Gasteiger partial charge in [-0.25, -0.2) is 8.42 Å². The molecule has 2 heterocycles. The first-order valence-corrected chi connectivity index (χ1v) is 10.0. The van der Waals surface area contributed by atoms with E-state index in [9.17, 15) is 22.0 Å². The largest absolute Gasteiger partial charge is 0.440 e. The van der Waals surface area contributed by atoms with Crippen molar-refractivity contribution in [2.75, 3.05) is 24.2 Å². The Balaban J connectivity index is 1.65. The molecule has 0 saturated carbocycles. The van der Waals surface area contributed by atoms with E-state index in [0.29, 0.717) is 25.2 Å². The van der Waals surface area contributed by atoms with Gasteiger partial charge in [0.15, 0.2) is 5.76 Å². The molecular weight excluding hydrogens is 382 g/mol. The number of hydrogen-bond acceptors (Lipinski definition) is 6. The minimum Gasteiger partial charge on any atom is -0.440 e. The van der Waals surface area contributed by atoms with Gasteiger partial charge in [-0.05, 0) is 30.7 Å². The summed E-state index contributed by atoms with van der Waals surface area (Å²) in [5, 5.41) is 2.48. The molecule has 1 fully saturated rings. The number of halogens is 2. The second kappa shape index (κ2) is 7.55. The quantitative estimate of drug-likeness (QED) is 0.801. The van der Waals surface area contributed by atoms with Gasteiger partial charge in [-0.2, -0.15) is 8.78 Å². The molecule has 0 spiro atoms. The minimum atomic E-state index is -3.53. The van der Waals surface area contributed by atoms with E-state index in [2.05, 4.69) is 10.1 Å². The van der Waals surface area contributed by atoms with Gasteiger partial charge in [-0.15, -0.1) is 0 Å². The molecule has 0 aliphatic carbocycles. The maximum Gasteiger partial charge on any atom is 0.387 e. The van der Waals surface area contributed by atoms with Crippen molar-refractivity contribution in [3.8, 4) is 5.75 Å². The number of nitrogens with zero attached hydrogens (tertiary/aromatic N) is 1.